The Morgan fingerprint density at radius 2 is 1.76 bits per heavy atom. The van der Waals surface area contributed by atoms with Gasteiger partial charge in [-0.2, -0.15) is 13.2 Å². The van der Waals surface area contributed by atoms with Gasteiger partial charge in [0, 0.05) is 31.2 Å². The maximum atomic E-state index is 14.4. The van der Waals surface area contributed by atoms with Gasteiger partial charge in [-0.3, -0.25) is 14.8 Å². The standard InChI is InChI=1S/C24H20F4N4O2/c25-17-4-2-10-30-22(17)21-16(3-1-9-29-21)23(33)32-13-14-5-7-18(32)19(11-14)34-20-8-6-15(12-31-20)24(26,27)28/h1-4,6,8-10,12,14,18-19H,5,7,11,13H2/t14?,18-,19+/m0/s1. The van der Waals surface area contributed by atoms with Gasteiger partial charge in [-0.15, -0.1) is 0 Å². The lowest BCUT2D eigenvalue weighted by Crippen LogP contribution is -2.59. The summed E-state index contributed by atoms with van der Waals surface area (Å²) in [7, 11) is 0. The zero-order valence-electron chi connectivity index (χ0n) is 17.9. The van der Waals surface area contributed by atoms with Crippen molar-refractivity contribution in [1.82, 2.24) is 19.9 Å². The first-order chi connectivity index (χ1) is 16.3. The fourth-order valence-electron chi connectivity index (χ4n) is 4.75. The molecule has 6 nitrogen and oxygen atoms in total. The van der Waals surface area contributed by atoms with E-state index in [1.165, 1.54) is 30.6 Å². The molecule has 0 N–H and O–H groups in total. The normalized spacial score (nSPS) is 22.0. The number of fused-ring (bicyclic) bond motifs is 3. The van der Waals surface area contributed by atoms with Crippen molar-refractivity contribution in [3.63, 3.8) is 0 Å². The predicted octanol–water partition coefficient (Wildman–Crippen LogP) is 4.77. The molecule has 34 heavy (non-hydrogen) atoms. The van der Waals surface area contributed by atoms with Gasteiger partial charge in [0.05, 0.1) is 17.2 Å². The molecule has 3 aromatic heterocycles. The molecular weight excluding hydrogens is 452 g/mol. The second-order valence-corrected chi connectivity index (χ2v) is 8.48. The van der Waals surface area contributed by atoms with Gasteiger partial charge in [-0.25, -0.2) is 9.37 Å². The lowest BCUT2D eigenvalue weighted by Gasteiger charge is -2.49. The van der Waals surface area contributed by atoms with Crippen LogP contribution in [0.3, 0.4) is 0 Å². The smallest absolute Gasteiger partial charge is 0.417 e. The Kier molecular flexibility index (Phi) is 5.66. The maximum Gasteiger partial charge on any atom is 0.417 e. The van der Waals surface area contributed by atoms with Crippen molar-refractivity contribution in [3.05, 3.63) is 71.9 Å². The van der Waals surface area contributed by atoms with Crippen LogP contribution in [0.4, 0.5) is 17.6 Å². The Balaban J connectivity index is 1.40. The minimum absolute atomic E-state index is 0.00428. The Morgan fingerprint density at radius 3 is 2.44 bits per heavy atom. The molecule has 3 aliphatic rings. The summed E-state index contributed by atoms with van der Waals surface area (Å²) >= 11 is 0. The summed E-state index contributed by atoms with van der Waals surface area (Å²) in [6, 6.07) is 7.76. The number of nitrogens with zero attached hydrogens (tertiary/aromatic N) is 4. The van der Waals surface area contributed by atoms with Crippen molar-refractivity contribution < 1.29 is 27.1 Å². The van der Waals surface area contributed by atoms with Crippen molar-refractivity contribution >= 4 is 5.91 Å². The van der Waals surface area contributed by atoms with Crippen LogP contribution in [0.15, 0.2) is 55.0 Å². The molecule has 0 radical (unpaired) electrons. The van der Waals surface area contributed by atoms with Crippen molar-refractivity contribution in [3.8, 4) is 17.3 Å². The Morgan fingerprint density at radius 1 is 1.00 bits per heavy atom. The van der Waals surface area contributed by atoms with Crippen molar-refractivity contribution in [2.75, 3.05) is 6.54 Å². The van der Waals surface area contributed by atoms with Crippen LogP contribution in [0.25, 0.3) is 11.4 Å². The second-order valence-electron chi connectivity index (χ2n) is 8.48. The number of alkyl halides is 3. The highest BCUT2D eigenvalue weighted by molar-refractivity contribution is 5.99. The molecule has 176 valence electrons. The van der Waals surface area contributed by atoms with Crippen LogP contribution in [0.2, 0.25) is 0 Å². The summed E-state index contributed by atoms with van der Waals surface area (Å²) in [5, 5.41) is 0. The van der Waals surface area contributed by atoms with E-state index in [1.54, 1.807) is 17.0 Å². The topological polar surface area (TPSA) is 68.2 Å². The monoisotopic (exact) mass is 472 g/mol. The number of hydrogen-bond acceptors (Lipinski definition) is 5. The molecule has 3 aromatic rings. The molecule has 0 aromatic carbocycles. The Hall–Kier alpha value is -3.56. The number of piperidine rings is 2. The zero-order valence-corrected chi connectivity index (χ0v) is 17.9. The van der Waals surface area contributed by atoms with Gasteiger partial charge in [0.2, 0.25) is 5.88 Å². The number of hydrogen-bond donors (Lipinski definition) is 0. The first-order valence-corrected chi connectivity index (χ1v) is 10.9. The summed E-state index contributed by atoms with van der Waals surface area (Å²) in [5.41, 5.74) is -0.462. The summed E-state index contributed by atoms with van der Waals surface area (Å²) in [5.74, 6) is -0.628. The van der Waals surface area contributed by atoms with Crippen LogP contribution < -0.4 is 4.74 Å². The highest BCUT2D eigenvalue weighted by Crippen LogP contribution is 2.39. The Bertz CT molecular complexity index is 1200. The molecule has 1 aliphatic carbocycles. The van der Waals surface area contributed by atoms with Gasteiger partial charge in [-0.05, 0) is 55.5 Å². The van der Waals surface area contributed by atoms with Crippen LogP contribution >= 0.6 is 0 Å². The quantitative estimate of drug-likeness (QED) is 0.512. The highest BCUT2D eigenvalue weighted by Gasteiger charge is 2.45. The summed E-state index contributed by atoms with van der Waals surface area (Å²) < 4.78 is 58.8. The molecule has 2 saturated heterocycles. The van der Waals surface area contributed by atoms with E-state index in [2.05, 4.69) is 15.0 Å². The van der Waals surface area contributed by atoms with Gasteiger partial charge in [0.1, 0.15) is 17.5 Å². The first kappa shape index (κ1) is 22.2. The van der Waals surface area contributed by atoms with Gasteiger partial charge >= 0.3 is 6.18 Å². The average molecular weight is 472 g/mol. The van der Waals surface area contributed by atoms with Crippen LogP contribution in [-0.4, -0.2) is 44.4 Å². The predicted molar refractivity (Wildman–Crippen MR) is 113 cm³/mol. The highest BCUT2D eigenvalue weighted by atomic mass is 19.4. The van der Waals surface area contributed by atoms with E-state index in [1.807, 2.05) is 0 Å². The van der Waals surface area contributed by atoms with E-state index >= 15 is 0 Å². The number of pyridine rings is 3. The van der Waals surface area contributed by atoms with Crippen LogP contribution in [0.5, 0.6) is 5.88 Å². The first-order valence-electron chi connectivity index (χ1n) is 10.9. The third kappa shape index (κ3) is 4.20. The molecule has 5 heterocycles. The summed E-state index contributed by atoms with van der Waals surface area (Å²) in [6.07, 6.45) is 1.04. The number of halogens is 4. The number of carbonyl (C=O) groups excluding carboxylic acids is 1. The van der Waals surface area contributed by atoms with Crippen molar-refractivity contribution in [1.29, 1.82) is 0 Å². The zero-order chi connectivity index (χ0) is 23.9. The van der Waals surface area contributed by atoms with E-state index in [-0.39, 0.29) is 40.7 Å². The molecule has 6 rings (SSSR count). The van der Waals surface area contributed by atoms with E-state index < -0.39 is 23.7 Å². The third-order valence-corrected chi connectivity index (χ3v) is 6.34. The fraction of sp³-hybridized carbons (Fsp3) is 0.333. The van der Waals surface area contributed by atoms with Crippen molar-refractivity contribution in [2.24, 2.45) is 5.92 Å². The second kappa shape index (κ2) is 8.66. The Labute approximate surface area is 192 Å². The van der Waals surface area contributed by atoms with E-state index in [4.69, 9.17) is 4.74 Å². The molecule has 3 fully saturated rings. The maximum absolute atomic E-state index is 14.4. The van der Waals surface area contributed by atoms with Gasteiger partial charge in [0.25, 0.3) is 5.91 Å². The van der Waals surface area contributed by atoms with Crippen LogP contribution in [0, 0.1) is 11.7 Å². The summed E-state index contributed by atoms with van der Waals surface area (Å²) in [6.45, 7) is 0.517. The average Bonchev–Trinajstić information content (AvgIpc) is 2.84. The molecule has 3 atom stereocenters. The molecule has 2 bridgehead atoms. The molecule has 1 unspecified atom stereocenters. The largest absolute Gasteiger partial charge is 0.472 e. The van der Waals surface area contributed by atoms with Crippen LogP contribution in [-0.2, 0) is 6.18 Å². The van der Waals surface area contributed by atoms with Gasteiger partial charge in [-0.1, -0.05) is 0 Å². The molecular formula is C24H20F4N4O2. The summed E-state index contributed by atoms with van der Waals surface area (Å²) in [4.78, 5) is 27.4. The third-order valence-electron chi connectivity index (χ3n) is 6.34. The molecule has 0 spiro atoms. The lowest BCUT2D eigenvalue weighted by atomic mass is 9.77. The number of amides is 1. The van der Waals surface area contributed by atoms with E-state index in [9.17, 15) is 22.4 Å². The van der Waals surface area contributed by atoms with E-state index in [0.29, 0.717) is 19.4 Å². The van der Waals surface area contributed by atoms with Gasteiger partial charge in [0.15, 0.2) is 5.82 Å². The number of rotatable bonds is 4. The SMILES string of the molecule is O=C(c1cccnc1-c1ncccc1F)N1CC2CC[C@H]1[C@H](Oc1ccc(C(F)(F)F)cn1)C2. The van der Waals surface area contributed by atoms with Crippen LogP contribution in [0.1, 0.15) is 35.2 Å². The minimum Gasteiger partial charge on any atom is -0.472 e. The minimum atomic E-state index is -4.48. The fourth-order valence-corrected chi connectivity index (χ4v) is 4.75. The van der Waals surface area contributed by atoms with Gasteiger partial charge < -0.3 is 9.64 Å². The lowest BCUT2D eigenvalue weighted by molar-refractivity contribution is -0.137. The van der Waals surface area contributed by atoms with Crippen molar-refractivity contribution in [2.45, 2.75) is 37.6 Å². The number of carbonyl (C=O) groups is 1. The van der Waals surface area contributed by atoms with E-state index in [0.717, 1.165) is 18.7 Å². The number of ether oxygens (including phenoxy) is 1. The molecule has 1 amide bonds. The molecule has 10 heteroatoms. The molecule has 1 saturated carbocycles. The number of aromatic nitrogens is 3. The molecule has 2 aliphatic heterocycles.